The van der Waals surface area contributed by atoms with Crippen LogP contribution >= 0.6 is 0 Å². The number of nitrogens with zero attached hydrogens (tertiary/aromatic N) is 5. The van der Waals surface area contributed by atoms with Crippen molar-refractivity contribution in [3.8, 4) is 11.3 Å². The van der Waals surface area contributed by atoms with Gasteiger partial charge >= 0.3 is 0 Å². The van der Waals surface area contributed by atoms with Crippen molar-refractivity contribution >= 4 is 28.1 Å². The van der Waals surface area contributed by atoms with E-state index in [0.717, 1.165) is 84.6 Å². The van der Waals surface area contributed by atoms with Crippen molar-refractivity contribution in [3.63, 3.8) is 0 Å². The molecule has 3 saturated heterocycles. The van der Waals surface area contributed by atoms with Crippen LogP contribution in [0.4, 0.5) is 0 Å². The van der Waals surface area contributed by atoms with E-state index in [1.165, 1.54) is 12.8 Å². The van der Waals surface area contributed by atoms with Crippen molar-refractivity contribution in [3.05, 3.63) is 54.0 Å². The van der Waals surface area contributed by atoms with Crippen molar-refractivity contribution < 1.29 is 9.53 Å². The number of nitrogens with one attached hydrogen (secondary N) is 1. The van der Waals surface area contributed by atoms with E-state index < -0.39 is 0 Å². The maximum Gasteiger partial charge on any atom is 0.219 e. The second kappa shape index (κ2) is 11.9. The molecule has 3 aromatic rings. The molecule has 0 bridgehead atoms. The number of rotatable bonds is 5. The van der Waals surface area contributed by atoms with Crippen molar-refractivity contribution in [1.29, 1.82) is 0 Å². The lowest BCUT2D eigenvalue weighted by Gasteiger charge is -2.31. The van der Waals surface area contributed by atoms with Crippen LogP contribution in [-0.2, 0) is 16.1 Å². The number of amides is 1. The number of pyridine rings is 1. The highest BCUT2D eigenvalue weighted by atomic mass is 16.5. The molecule has 6 rings (SSSR count). The van der Waals surface area contributed by atoms with Gasteiger partial charge in [-0.05, 0) is 56.1 Å². The van der Waals surface area contributed by atoms with Gasteiger partial charge in [0.05, 0.1) is 17.9 Å². The van der Waals surface area contributed by atoms with E-state index in [4.69, 9.17) is 20.4 Å². The number of carbonyl (C=O) groups is 1. The Balaban J connectivity index is 1.31. The van der Waals surface area contributed by atoms with Gasteiger partial charge in [-0.15, -0.1) is 0 Å². The number of piperidine rings is 2. The van der Waals surface area contributed by atoms with Crippen LogP contribution in [0.2, 0.25) is 0 Å². The number of nitrogens with two attached hydrogens (primary N) is 1. The molecule has 210 valence electrons. The Morgan fingerprint density at radius 1 is 1.18 bits per heavy atom. The summed E-state index contributed by atoms with van der Waals surface area (Å²) in [4.78, 5) is 24.1. The maximum absolute atomic E-state index is 12.3. The third-order valence-corrected chi connectivity index (χ3v) is 8.50. The molecule has 0 atom stereocenters. The fourth-order valence-electron chi connectivity index (χ4n) is 6.09. The SMILES string of the molecule is CC(=O)N1CCC(=NC2CCOCC2)/C(=C(\N)c2cccc3cc(-c4cnn(CC5CCNCC5)c4)ncc23)C1. The zero-order valence-electron chi connectivity index (χ0n) is 23.3. The summed E-state index contributed by atoms with van der Waals surface area (Å²) in [5, 5.41) is 10.1. The Kier molecular flexibility index (Phi) is 7.93. The molecule has 0 unspecified atom stereocenters. The standard InChI is InChI=1S/C31H39N7O2/c1-21(39)37-12-7-29(36-25-8-13-40-14-9-25)28(20-37)31(32)26-4-2-3-23-15-30(34-17-27(23)26)24-16-35-38(19-24)18-22-5-10-33-11-6-22/h2-4,15-17,19,22,25,33H,5-14,18,20,32H2,1H3/b31-28-,36-29?. The summed E-state index contributed by atoms with van der Waals surface area (Å²) in [5.41, 5.74) is 12.4. The molecule has 3 N–H and O–H groups in total. The number of hydrogen-bond donors (Lipinski definition) is 2. The van der Waals surface area contributed by atoms with Crippen LogP contribution in [0.25, 0.3) is 27.7 Å². The van der Waals surface area contributed by atoms with Crippen LogP contribution < -0.4 is 11.1 Å². The fourth-order valence-corrected chi connectivity index (χ4v) is 6.09. The van der Waals surface area contributed by atoms with Gasteiger partial charge in [0.15, 0.2) is 0 Å². The average molecular weight is 542 g/mol. The van der Waals surface area contributed by atoms with Crippen LogP contribution in [0.15, 0.2) is 53.4 Å². The van der Waals surface area contributed by atoms with Crippen molar-refractivity contribution in [1.82, 2.24) is 25.0 Å². The van der Waals surface area contributed by atoms with Crippen molar-refractivity contribution in [2.45, 2.75) is 51.6 Å². The normalized spacial score (nSPS) is 21.7. The first-order valence-electron chi connectivity index (χ1n) is 14.6. The van der Waals surface area contributed by atoms with E-state index in [1.807, 2.05) is 29.4 Å². The van der Waals surface area contributed by atoms with Crippen LogP contribution in [0.1, 0.15) is 44.6 Å². The summed E-state index contributed by atoms with van der Waals surface area (Å²) in [6.45, 7) is 7.35. The van der Waals surface area contributed by atoms with Crippen molar-refractivity contribution in [2.75, 3.05) is 39.4 Å². The molecular weight excluding hydrogens is 502 g/mol. The molecule has 3 aliphatic heterocycles. The highest BCUT2D eigenvalue weighted by Crippen LogP contribution is 2.30. The molecule has 0 aliphatic carbocycles. The van der Waals surface area contributed by atoms with E-state index in [-0.39, 0.29) is 11.9 Å². The molecule has 5 heterocycles. The zero-order valence-corrected chi connectivity index (χ0v) is 23.3. The molecule has 3 aliphatic rings. The molecular formula is C31H39N7O2. The lowest BCUT2D eigenvalue weighted by atomic mass is 9.93. The van der Waals surface area contributed by atoms with Gasteiger partial charge in [0.25, 0.3) is 0 Å². The van der Waals surface area contributed by atoms with Gasteiger partial charge in [-0.3, -0.25) is 19.5 Å². The predicted molar refractivity (Wildman–Crippen MR) is 158 cm³/mol. The monoisotopic (exact) mass is 541 g/mol. The highest BCUT2D eigenvalue weighted by molar-refractivity contribution is 6.10. The first-order valence-corrected chi connectivity index (χ1v) is 14.6. The van der Waals surface area contributed by atoms with Gasteiger partial charge < -0.3 is 20.7 Å². The molecule has 2 aromatic heterocycles. The lowest BCUT2D eigenvalue weighted by Crippen LogP contribution is -2.40. The maximum atomic E-state index is 12.3. The van der Waals surface area contributed by atoms with Crippen LogP contribution in [-0.4, -0.2) is 76.7 Å². The summed E-state index contributed by atoms with van der Waals surface area (Å²) in [6, 6.07) is 8.53. The number of likely N-dealkylation sites (tertiary alicyclic amines) is 1. The Labute approximate surface area is 235 Å². The second-order valence-electron chi connectivity index (χ2n) is 11.2. The number of fused-ring (bicyclic) bond motifs is 1. The number of aromatic nitrogens is 3. The smallest absolute Gasteiger partial charge is 0.219 e. The third-order valence-electron chi connectivity index (χ3n) is 8.50. The average Bonchev–Trinajstić information content (AvgIpc) is 3.46. The first-order chi connectivity index (χ1) is 19.5. The molecule has 0 saturated carbocycles. The van der Waals surface area contributed by atoms with E-state index >= 15 is 0 Å². The molecule has 0 radical (unpaired) electrons. The summed E-state index contributed by atoms with van der Waals surface area (Å²) < 4.78 is 7.59. The minimum absolute atomic E-state index is 0.0559. The van der Waals surface area contributed by atoms with Gasteiger partial charge in [-0.25, -0.2) is 0 Å². The molecule has 9 heteroatoms. The Hall–Kier alpha value is -3.56. The Morgan fingerprint density at radius 3 is 2.80 bits per heavy atom. The molecule has 1 aromatic carbocycles. The minimum Gasteiger partial charge on any atom is -0.398 e. The predicted octanol–water partition coefficient (Wildman–Crippen LogP) is 3.64. The molecule has 0 spiro atoms. The number of carbonyl (C=O) groups excluding carboxylic acids is 1. The van der Waals surface area contributed by atoms with Gasteiger partial charge in [0.1, 0.15) is 0 Å². The number of benzene rings is 1. The van der Waals surface area contributed by atoms with Crippen LogP contribution in [0.5, 0.6) is 0 Å². The van der Waals surface area contributed by atoms with E-state index in [2.05, 4.69) is 33.4 Å². The van der Waals surface area contributed by atoms with Gasteiger partial charge in [-0.1, -0.05) is 18.2 Å². The highest BCUT2D eigenvalue weighted by Gasteiger charge is 2.26. The quantitative estimate of drug-likeness (QED) is 0.510. The van der Waals surface area contributed by atoms with Crippen LogP contribution in [0, 0.1) is 5.92 Å². The van der Waals surface area contributed by atoms with Gasteiger partial charge in [0.2, 0.25) is 5.91 Å². The summed E-state index contributed by atoms with van der Waals surface area (Å²) in [5.74, 6) is 0.719. The topological polar surface area (TPSA) is 111 Å². The van der Waals surface area contributed by atoms with E-state index in [0.29, 0.717) is 31.1 Å². The Morgan fingerprint density at radius 2 is 2.00 bits per heavy atom. The number of hydrogen-bond acceptors (Lipinski definition) is 7. The van der Waals surface area contributed by atoms with E-state index in [1.54, 1.807) is 6.92 Å². The molecule has 9 nitrogen and oxygen atoms in total. The third kappa shape index (κ3) is 5.81. The molecule has 1 amide bonds. The van der Waals surface area contributed by atoms with Crippen molar-refractivity contribution in [2.24, 2.45) is 16.6 Å². The number of aliphatic imine (C=N–C) groups is 1. The first kappa shape index (κ1) is 26.7. The van der Waals surface area contributed by atoms with E-state index in [9.17, 15) is 4.79 Å². The fraction of sp³-hybridized carbons (Fsp3) is 0.484. The molecule has 3 fully saturated rings. The zero-order chi connectivity index (χ0) is 27.5. The summed E-state index contributed by atoms with van der Waals surface area (Å²) in [7, 11) is 0. The largest absolute Gasteiger partial charge is 0.398 e. The summed E-state index contributed by atoms with van der Waals surface area (Å²) >= 11 is 0. The summed E-state index contributed by atoms with van der Waals surface area (Å²) in [6.07, 6.45) is 10.9. The minimum atomic E-state index is 0.0559. The number of ether oxygens (including phenoxy) is 1. The Bertz CT molecular complexity index is 1430. The van der Waals surface area contributed by atoms with Gasteiger partial charge in [-0.2, -0.15) is 5.10 Å². The second-order valence-corrected chi connectivity index (χ2v) is 11.2. The molecule has 40 heavy (non-hydrogen) atoms. The lowest BCUT2D eigenvalue weighted by molar-refractivity contribution is -0.128. The van der Waals surface area contributed by atoms with Gasteiger partial charge in [0, 0.05) is 92.1 Å². The van der Waals surface area contributed by atoms with Crippen LogP contribution in [0.3, 0.4) is 0 Å².